The Hall–Kier alpha value is -2.44. The van der Waals surface area contributed by atoms with Gasteiger partial charge in [0.1, 0.15) is 5.82 Å². The third-order valence-electron chi connectivity index (χ3n) is 1.89. The summed E-state index contributed by atoms with van der Waals surface area (Å²) in [6.45, 7) is -0.594. The molecule has 0 aliphatic heterocycles. The molecule has 0 atom stereocenters. The van der Waals surface area contributed by atoms with Crippen LogP contribution < -0.4 is 11.1 Å². The second-order valence-electron chi connectivity index (χ2n) is 3.38. The first-order chi connectivity index (χ1) is 8.47. The largest absolute Gasteiger partial charge is 0.455 e. The lowest BCUT2D eigenvalue weighted by Crippen LogP contribution is -2.37. The lowest BCUT2D eigenvalue weighted by Gasteiger charge is -2.04. The summed E-state index contributed by atoms with van der Waals surface area (Å²) in [4.78, 5) is 32.5. The molecule has 1 aromatic rings. The summed E-state index contributed by atoms with van der Waals surface area (Å²) >= 11 is 0. The zero-order valence-electron chi connectivity index (χ0n) is 9.31. The maximum atomic E-state index is 12.6. The van der Waals surface area contributed by atoms with Crippen LogP contribution in [0.1, 0.15) is 5.56 Å². The van der Waals surface area contributed by atoms with Gasteiger partial charge in [-0.25, -0.2) is 9.18 Å². The number of imide groups is 1. The van der Waals surface area contributed by atoms with Gasteiger partial charge in [-0.1, -0.05) is 12.1 Å². The first kappa shape index (κ1) is 13.6. The molecule has 0 aliphatic rings. The number of amides is 3. The van der Waals surface area contributed by atoms with Crippen molar-refractivity contribution < 1.29 is 23.5 Å². The van der Waals surface area contributed by atoms with Gasteiger partial charge in [-0.2, -0.15) is 0 Å². The van der Waals surface area contributed by atoms with Crippen LogP contribution in [0, 0.1) is 5.82 Å². The molecule has 0 saturated heterocycles. The Labute approximate surface area is 102 Å². The minimum absolute atomic E-state index is 0.0931. The lowest BCUT2D eigenvalue weighted by atomic mass is 10.1. The molecule has 0 radical (unpaired) electrons. The van der Waals surface area contributed by atoms with Crippen LogP contribution in [0.5, 0.6) is 0 Å². The van der Waals surface area contributed by atoms with Crippen LogP contribution in [0.25, 0.3) is 0 Å². The SMILES string of the molecule is NC(=O)NC(=O)COC(=O)Cc1ccc(F)cc1. The monoisotopic (exact) mass is 254 g/mol. The number of carbonyl (C=O) groups excluding carboxylic acids is 3. The van der Waals surface area contributed by atoms with Crippen LogP contribution in [0.2, 0.25) is 0 Å². The number of hydrogen-bond acceptors (Lipinski definition) is 4. The van der Waals surface area contributed by atoms with Crippen molar-refractivity contribution in [1.82, 2.24) is 5.32 Å². The van der Waals surface area contributed by atoms with E-state index in [2.05, 4.69) is 4.74 Å². The number of nitrogens with two attached hydrogens (primary N) is 1. The van der Waals surface area contributed by atoms with Crippen molar-refractivity contribution in [3.8, 4) is 0 Å². The number of halogens is 1. The highest BCUT2D eigenvalue weighted by Gasteiger charge is 2.09. The molecule has 6 nitrogen and oxygen atoms in total. The van der Waals surface area contributed by atoms with Gasteiger partial charge in [0.2, 0.25) is 0 Å². The molecule has 1 rings (SSSR count). The van der Waals surface area contributed by atoms with Gasteiger partial charge >= 0.3 is 12.0 Å². The summed E-state index contributed by atoms with van der Waals surface area (Å²) in [5.41, 5.74) is 5.24. The number of carbonyl (C=O) groups is 3. The standard InChI is InChI=1S/C11H11FN2O4/c12-8-3-1-7(2-4-8)5-10(16)18-6-9(15)14-11(13)17/h1-4H,5-6H2,(H3,13,14,15,17). The van der Waals surface area contributed by atoms with Crippen LogP contribution in [0.15, 0.2) is 24.3 Å². The average molecular weight is 254 g/mol. The maximum absolute atomic E-state index is 12.6. The van der Waals surface area contributed by atoms with Crippen molar-refractivity contribution in [2.24, 2.45) is 5.73 Å². The fourth-order valence-electron chi connectivity index (χ4n) is 1.14. The molecule has 0 bridgehead atoms. The Morgan fingerprint density at radius 3 is 2.39 bits per heavy atom. The van der Waals surface area contributed by atoms with Crippen molar-refractivity contribution >= 4 is 17.9 Å². The van der Waals surface area contributed by atoms with Gasteiger partial charge in [0.05, 0.1) is 6.42 Å². The van der Waals surface area contributed by atoms with Crippen LogP contribution in [0.3, 0.4) is 0 Å². The van der Waals surface area contributed by atoms with Crippen LogP contribution in [-0.4, -0.2) is 24.5 Å². The molecule has 18 heavy (non-hydrogen) atoms. The number of primary amides is 1. The van der Waals surface area contributed by atoms with E-state index in [1.807, 2.05) is 0 Å². The maximum Gasteiger partial charge on any atom is 0.318 e. The van der Waals surface area contributed by atoms with Crippen LogP contribution >= 0.6 is 0 Å². The number of rotatable bonds is 4. The molecule has 7 heteroatoms. The van der Waals surface area contributed by atoms with E-state index in [1.165, 1.54) is 24.3 Å². The molecule has 3 N–H and O–H groups in total. The van der Waals surface area contributed by atoms with E-state index in [1.54, 1.807) is 5.32 Å². The van der Waals surface area contributed by atoms with Gasteiger partial charge in [0, 0.05) is 0 Å². The van der Waals surface area contributed by atoms with E-state index < -0.39 is 30.3 Å². The molecule has 0 unspecified atom stereocenters. The highest BCUT2D eigenvalue weighted by atomic mass is 19.1. The fourth-order valence-corrected chi connectivity index (χ4v) is 1.14. The Bertz CT molecular complexity index is 459. The number of benzene rings is 1. The Balaban J connectivity index is 2.36. The minimum atomic E-state index is -1.02. The van der Waals surface area contributed by atoms with E-state index in [0.29, 0.717) is 5.56 Å². The number of nitrogens with one attached hydrogen (secondary N) is 1. The summed E-state index contributed by atoms with van der Waals surface area (Å²) in [5, 5.41) is 1.74. The molecule has 0 saturated carbocycles. The first-order valence-corrected chi connectivity index (χ1v) is 4.96. The smallest absolute Gasteiger partial charge is 0.318 e. The van der Waals surface area contributed by atoms with Crippen molar-refractivity contribution in [2.45, 2.75) is 6.42 Å². The van der Waals surface area contributed by atoms with Gasteiger partial charge in [-0.15, -0.1) is 0 Å². The van der Waals surface area contributed by atoms with Gasteiger partial charge in [-0.3, -0.25) is 14.9 Å². The predicted molar refractivity (Wildman–Crippen MR) is 58.8 cm³/mol. The minimum Gasteiger partial charge on any atom is -0.455 e. The quantitative estimate of drug-likeness (QED) is 0.745. The Morgan fingerprint density at radius 2 is 1.83 bits per heavy atom. The summed E-state index contributed by atoms with van der Waals surface area (Å²) in [7, 11) is 0. The van der Waals surface area contributed by atoms with Crippen molar-refractivity contribution in [1.29, 1.82) is 0 Å². The van der Waals surface area contributed by atoms with Crippen LogP contribution in [0.4, 0.5) is 9.18 Å². The van der Waals surface area contributed by atoms with E-state index in [-0.39, 0.29) is 6.42 Å². The number of esters is 1. The third-order valence-corrected chi connectivity index (χ3v) is 1.89. The molecule has 1 aromatic carbocycles. The summed E-state index contributed by atoms with van der Waals surface area (Å²) in [6.07, 6.45) is -0.0931. The normalized spacial score (nSPS) is 9.61. The van der Waals surface area contributed by atoms with Crippen LogP contribution in [-0.2, 0) is 20.7 Å². The van der Waals surface area contributed by atoms with Gasteiger partial charge < -0.3 is 10.5 Å². The van der Waals surface area contributed by atoms with E-state index >= 15 is 0 Å². The third kappa shape index (κ3) is 5.06. The fraction of sp³-hybridized carbons (Fsp3) is 0.182. The Kier molecular flexibility index (Phi) is 4.79. The second kappa shape index (κ2) is 6.33. The Morgan fingerprint density at radius 1 is 1.22 bits per heavy atom. The zero-order chi connectivity index (χ0) is 13.5. The van der Waals surface area contributed by atoms with Gasteiger partial charge in [0.25, 0.3) is 5.91 Å². The molecular weight excluding hydrogens is 243 g/mol. The average Bonchev–Trinajstić information content (AvgIpc) is 2.29. The summed E-state index contributed by atoms with van der Waals surface area (Å²) < 4.78 is 17.2. The number of ether oxygens (including phenoxy) is 1. The number of urea groups is 1. The summed E-state index contributed by atoms with van der Waals surface area (Å²) in [6, 6.07) is 4.26. The molecule has 0 aliphatic carbocycles. The molecule has 0 aromatic heterocycles. The first-order valence-electron chi connectivity index (χ1n) is 4.96. The van der Waals surface area contributed by atoms with Crippen molar-refractivity contribution in [3.63, 3.8) is 0 Å². The molecular formula is C11H11FN2O4. The number of hydrogen-bond donors (Lipinski definition) is 2. The molecule has 3 amide bonds. The zero-order valence-corrected chi connectivity index (χ0v) is 9.31. The van der Waals surface area contributed by atoms with E-state index in [9.17, 15) is 18.8 Å². The molecule has 96 valence electrons. The van der Waals surface area contributed by atoms with E-state index in [4.69, 9.17) is 5.73 Å². The lowest BCUT2D eigenvalue weighted by molar-refractivity contribution is -0.147. The van der Waals surface area contributed by atoms with Gasteiger partial charge in [-0.05, 0) is 17.7 Å². The second-order valence-corrected chi connectivity index (χ2v) is 3.38. The van der Waals surface area contributed by atoms with Crippen molar-refractivity contribution in [3.05, 3.63) is 35.6 Å². The molecule has 0 heterocycles. The summed E-state index contributed by atoms with van der Waals surface area (Å²) in [5.74, 6) is -1.89. The highest BCUT2D eigenvalue weighted by Crippen LogP contribution is 2.04. The van der Waals surface area contributed by atoms with E-state index in [0.717, 1.165) is 0 Å². The van der Waals surface area contributed by atoms with Gasteiger partial charge in [0.15, 0.2) is 6.61 Å². The molecule has 0 fully saturated rings. The molecule has 0 spiro atoms. The highest BCUT2D eigenvalue weighted by molar-refractivity contribution is 5.94. The predicted octanol–water partition coefficient (Wildman–Crippen LogP) is 0.106. The topological polar surface area (TPSA) is 98.5 Å². The van der Waals surface area contributed by atoms with Crippen molar-refractivity contribution in [2.75, 3.05) is 6.61 Å².